The van der Waals surface area contributed by atoms with Gasteiger partial charge in [0.1, 0.15) is 6.61 Å². The number of nitro groups is 1. The Morgan fingerprint density at radius 1 is 1.36 bits per heavy atom. The zero-order chi connectivity index (χ0) is 17.8. The van der Waals surface area contributed by atoms with E-state index >= 15 is 0 Å². The Morgan fingerprint density at radius 2 is 2.12 bits per heavy atom. The molecule has 0 saturated carbocycles. The molecule has 134 valence electrons. The molecule has 0 N–H and O–H groups in total. The highest BCUT2D eigenvalue weighted by Crippen LogP contribution is 2.25. The molecular formula is C16H21N5O4. The zero-order valence-corrected chi connectivity index (χ0v) is 14.3. The van der Waals surface area contributed by atoms with Crippen molar-refractivity contribution in [3.05, 3.63) is 46.1 Å². The summed E-state index contributed by atoms with van der Waals surface area (Å²) in [5, 5.41) is 14.8. The number of hydrogen-bond acceptors (Lipinski definition) is 8. The summed E-state index contributed by atoms with van der Waals surface area (Å²) in [6.45, 7) is 5.55. The maximum atomic E-state index is 10.9. The molecule has 25 heavy (non-hydrogen) atoms. The van der Waals surface area contributed by atoms with Crippen molar-refractivity contribution in [3.63, 3.8) is 0 Å². The molecule has 0 radical (unpaired) electrons. The highest BCUT2D eigenvalue weighted by atomic mass is 16.6. The Balaban J connectivity index is 1.61. The lowest BCUT2D eigenvalue weighted by Gasteiger charge is -2.37. The van der Waals surface area contributed by atoms with Crippen molar-refractivity contribution in [2.45, 2.75) is 19.6 Å². The summed E-state index contributed by atoms with van der Waals surface area (Å²) >= 11 is 0. The molecule has 9 heteroatoms. The number of benzene rings is 1. The molecule has 1 unspecified atom stereocenters. The molecule has 0 bridgehead atoms. The van der Waals surface area contributed by atoms with Crippen LogP contribution in [0.5, 0.6) is 0 Å². The highest BCUT2D eigenvalue weighted by molar-refractivity contribution is 5.53. The minimum atomic E-state index is -0.366. The first kappa shape index (κ1) is 17.3. The molecule has 2 aromatic rings. The summed E-state index contributed by atoms with van der Waals surface area (Å²) in [7, 11) is 1.59. The Bertz CT molecular complexity index is 727. The lowest BCUT2D eigenvalue weighted by atomic mass is 10.2. The van der Waals surface area contributed by atoms with Crippen LogP contribution in [-0.2, 0) is 11.3 Å². The molecule has 1 saturated heterocycles. The molecule has 1 aromatic heterocycles. The van der Waals surface area contributed by atoms with Gasteiger partial charge in [-0.05, 0) is 13.0 Å². The average molecular weight is 347 g/mol. The van der Waals surface area contributed by atoms with Crippen LogP contribution >= 0.6 is 0 Å². The molecule has 9 nitrogen and oxygen atoms in total. The third-order valence-electron chi connectivity index (χ3n) is 4.38. The second kappa shape index (κ2) is 7.58. The third kappa shape index (κ3) is 3.94. The van der Waals surface area contributed by atoms with Crippen molar-refractivity contribution in [1.29, 1.82) is 0 Å². The number of nitrogens with zero attached hydrogens (tertiary/aromatic N) is 5. The number of hydrogen-bond donors (Lipinski definition) is 0. The van der Waals surface area contributed by atoms with Gasteiger partial charge < -0.3 is 14.2 Å². The Hall–Kier alpha value is -2.52. The Morgan fingerprint density at radius 3 is 2.80 bits per heavy atom. The fourth-order valence-electron chi connectivity index (χ4n) is 2.95. The molecule has 1 fully saturated rings. The molecule has 0 amide bonds. The minimum Gasteiger partial charge on any atom is -0.377 e. The van der Waals surface area contributed by atoms with Gasteiger partial charge in [-0.1, -0.05) is 11.2 Å². The number of aromatic nitrogens is 2. The summed E-state index contributed by atoms with van der Waals surface area (Å²) in [4.78, 5) is 19.3. The van der Waals surface area contributed by atoms with E-state index in [0.29, 0.717) is 18.3 Å². The van der Waals surface area contributed by atoms with Crippen molar-refractivity contribution >= 4 is 11.4 Å². The largest absolute Gasteiger partial charge is 0.377 e. The van der Waals surface area contributed by atoms with E-state index in [1.807, 2.05) is 13.0 Å². The van der Waals surface area contributed by atoms with Crippen LogP contribution in [0.2, 0.25) is 0 Å². The smallest absolute Gasteiger partial charge is 0.271 e. The number of piperazine rings is 1. The molecule has 0 aliphatic carbocycles. The molecule has 1 aromatic carbocycles. The van der Waals surface area contributed by atoms with Crippen LogP contribution in [-0.4, -0.2) is 53.3 Å². The maximum Gasteiger partial charge on any atom is 0.271 e. The van der Waals surface area contributed by atoms with Crippen molar-refractivity contribution < 1.29 is 14.2 Å². The van der Waals surface area contributed by atoms with Gasteiger partial charge in [0.25, 0.3) is 5.69 Å². The van der Waals surface area contributed by atoms with Crippen LogP contribution < -0.4 is 4.90 Å². The lowest BCUT2D eigenvalue weighted by molar-refractivity contribution is -0.384. The lowest BCUT2D eigenvalue weighted by Crippen LogP contribution is -2.47. The van der Waals surface area contributed by atoms with Crippen LogP contribution in [0.25, 0.3) is 0 Å². The van der Waals surface area contributed by atoms with Crippen molar-refractivity contribution in [1.82, 2.24) is 15.0 Å². The summed E-state index contributed by atoms with van der Waals surface area (Å²) in [5.74, 6) is 1.12. The predicted octanol–water partition coefficient (Wildman–Crippen LogP) is 2.01. The van der Waals surface area contributed by atoms with Gasteiger partial charge in [0, 0.05) is 51.1 Å². The number of ether oxygens (including phenoxy) is 1. The highest BCUT2D eigenvalue weighted by Gasteiger charge is 2.26. The predicted molar refractivity (Wildman–Crippen MR) is 90.3 cm³/mol. The van der Waals surface area contributed by atoms with Gasteiger partial charge in [0.05, 0.1) is 11.0 Å². The number of rotatable bonds is 6. The first-order valence-electron chi connectivity index (χ1n) is 8.13. The van der Waals surface area contributed by atoms with Crippen LogP contribution in [0.4, 0.5) is 11.4 Å². The van der Waals surface area contributed by atoms with Gasteiger partial charge in [0.15, 0.2) is 5.82 Å². The second-order valence-electron chi connectivity index (χ2n) is 5.96. The van der Waals surface area contributed by atoms with E-state index in [4.69, 9.17) is 9.26 Å². The van der Waals surface area contributed by atoms with E-state index in [0.717, 1.165) is 31.9 Å². The SMILES string of the molecule is COCc1noc(C(C)N2CCN(c3cccc([N+](=O)[O-])c3)CC2)n1. The van der Waals surface area contributed by atoms with Gasteiger partial charge in [-0.2, -0.15) is 4.98 Å². The van der Waals surface area contributed by atoms with Gasteiger partial charge in [-0.3, -0.25) is 15.0 Å². The van der Waals surface area contributed by atoms with Gasteiger partial charge in [0.2, 0.25) is 5.89 Å². The van der Waals surface area contributed by atoms with E-state index < -0.39 is 0 Å². The van der Waals surface area contributed by atoms with Crippen molar-refractivity contribution in [3.8, 4) is 0 Å². The summed E-state index contributed by atoms with van der Waals surface area (Å²) in [6, 6.07) is 6.77. The standard InChI is InChI=1S/C16H21N5O4/c1-12(16-17-15(11-24-2)18-25-16)19-6-8-20(9-7-19)13-4-3-5-14(10-13)21(22)23/h3-5,10,12H,6-9,11H2,1-2H3. The third-order valence-corrected chi connectivity index (χ3v) is 4.38. The fourth-order valence-corrected chi connectivity index (χ4v) is 2.95. The minimum absolute atomic E-state index is 0.0189. The van der Waals surface area contributed by atoms with Crippen LogP contribution in [0.15, 0.2) is 28.8 Å². The summed E-state index contributed by atoms with van der Waals surface area (Å²) in [6.07, 6.45) is 0. The number of methoxy groups -OCH3 is 1. The fraction of sp³-hybridized carbons (Fsp3) is 0.500. The molecule has 1 atom stereocenters. The van der Waals surface area contributed by atoms with E-state index in [1.165, 1.54) is 6.07 Å². The number of anilines is 1. The topological polar surface area (TPSA) is 97.8 Å². The van der Waals surface area contributed by atoms with Gasteiger partial charge >= 0.3 is 0 Å². The quantitative estimate of drug-likeness (QED) is 0.578. The molecule has 2 heterocycles. The molecule has 1 aliphatic rings. The van der Waals surface area contributed by atoms with E-state index in [-0.39, 0.29) is 16.7 Å². The molecule has 3 rings (SSSR count). The van der Waals surface area contributed by atoms with E-state index in [2.05, 4.69) is 19.9 Å². The van der Waals surface area contributed by atoms with Crippen LogP contribution in [0.3, 0.4) is 0 Å². The second-order valence-corrected chi connectivity index (χ2v) is 5.96. The molecule has 0 spiro atoms. The number of nitro benzene ring substituents is 1. The molecule has 1 aliphatic heterocycles. The van der Waals surface area contributed by atoms with E-state index in [9.17, 15) is 10.1 Å². The van der Waals surface area contributed by atoms with Gasteiger partial charge in [-0.15, -0.1) is 0 Å². The monoisotopic (exact) mass is 347 g/mol. The average Bonchev–Trinajstić information content (AvgIpc) is 3.10. The van der Waals surface area contributed by atoms with Crippen molar-refractivity contribution in [2.24, 2.45) is 0 Å². The van der Waals surface area contributed by atoms with Gasteiger partial charge in [-0.25, -0.2) is 0 Å². The normalized spacial score (nSPS) is 16.8. The first-order chi connectivity index (χ1) is 12.1. The maximum absolute atomic E-state index is 10.9. The Labute approximate surface area is 145 Å². The van der Waals surface area contributed by atoms with Crippen LogP contribution in [0, 0.1) is 10.1 Å². The number of non-ortho nitro benzene ring substituents is 1. The van der Waals surface area contributed by atoms with Crippen molar-refractivity contribution in [2.75, 3.05) is 38.2 Å². The zero-order valence-electron chi connectivity index (χ0n) is 14.3. The molecular weight excluding hydrogens is 326 g/mol. The summed E-state index contributed by atoms with van der Waals surface area (Å²) < 4.78 is 10.3. The van der Waals surface area contributed by atoms with Crippen LogP contribution in [0.1, 0.15) is 24.7 Å². The summed E-state index contributed by atoms with van der Waals surface area (Å²) in [5.41, 5.74) is 0.992. The first-order valence-corrected chi connectivity index (χ1v) is 8.13. The van der Waals surface area contributed by atoms with E-state index in [1.54, 1.807) is 19.2 Å². The Kier molecular flexibility index (Phi) is 5.25.